The summed E-state index contributed by atoms with van der Waals surface area (Å²) in [5.41, 5.74) is 1.47. The number of halogens is 2. The van der Waals surface area contributed by atoms with Crippen LogP contribution in [0.1, 0.15) is 50.5 Å². The van der Waals surface area contributed by atoms with Gasteiger partial charge in [0.2, 0.25) is 7.42 Å². The lowest BCUT2D eigenvalue weighted by Gasteiger charge is -2.26. The fraction of sp³-hybridized carbons (Fsp3) is 0.625. The van der Waals surface area contributed by atoms with Crippen LogP contribution in [0.5, 0.6) is 5.75 Å². The average Bonchev–Trinajstić information content (AvgIpc) is 2.45. The van der Waals surface area contributed by atoms with Crippen molar-refractivity contribution < 1.29 is 4.74 Å². The second-order valence-corrected chi connectivity index (χ2v) is 11.1. The summed E-state index contributed by atoms with van der Waals surface area (Å²) in [5, 5.41) is 0. The molecule has 2 rings (SSSR count). The van der Waals surface area contributed by atoms with E-state index < -0.39 is 7.42 Å². The highest BCUT2D eigenvalue weighted by atomic mass is 35.7. The zero-order valence-corrected chi connectivity index (χ0v) is 14.8. The first-order valence-electron chi connectivity index (χ1n) is 7.66. The SMILES string of the molecule is CC1CCC(c2ccc(OCCC[SiH](Cl)Cl)cc2)CC1. The van der Waals surface area contributed by atoms with Crippen LogP contribution in [0.2, 0.25) is 6.04 Å². The van der Waals surface area contributed by atoms with Gasteiger partial charge < -0.3 is 4.74 Å². The summed E-state index contributed by atoms with van der Waals surface area (Å²) in [6.45, 7) is 3.07. The van der Waals surface area contributed by atoms with Gasteiger partial charge in [-0.15, -0.1) is 0 Å². The molecule has 0 radical (unpaired) electrons. The lowest BCUT2D eigenvalue weighted by atomic mass is 9.79. The summed E-state index contributed by atoms with van der Waals surface area (Å²) in [6, 6.07) is 9.59. The average molecular weight is 331 g/mol. The van der Waals surface area contributed by atoms with Crippen molar-refractivity contribution in [3.8, 4) is 5.75 Å². The van der Waals surface area contributed by atoms with Crippen molar-refractivity contribution in [3.05, 3.63) is 29.8 Å². The highest BCUT2D eigenvalue weighted by Crippen LogP contribution is 2.35. The van der Waals surface area contributed by atoms with E-state index >= 15 is 0 Å². The molecule has 0 saturated heterocycles. The highest BCUT2D eigenvalue weighted by Gasteiger charge is 2.19. The minimum atomic E-state index is -1.46. The van der Waals surface area contributed by atoms with Crippen LogP contribution in [-0.4, -0.2) is 14.0 Å². The molecule has 0 N–H and O–H groups in total. The maximum atomic E-state index is 5.83. The van der Waals surface area contributed by atoms with Crippen LogP contribution in [0.25, 0.3) is 0 Å². The fourth-order valence-corrected chi connectivity index (χ4v) is 4.26. The summed E-state index contributed by atoms with van der Waals surface area (Å²) < 4.78 is 5.72. The van der Waals surface area contributed by atoms with E-state index in [4.69, 9.17) is 26.9 Å². The molecule has 1 fully saturated rings. The van der Waals surface area contributed by atoms with Gasteiger partial charge in [-0.2, -0.15) is 22.2 Å². The van der Waals surface area contributed by atoms with E-state index in [0.29, 0.717) is 6.61 Å². The largest absolute Gasteiger partial charge is 0.494 e. The predicted octanol–water partition coefficient (Wildman–Crippen LogP) is 5.45. The molecule has 0 heterocycles. The number of hydrogen-bond acceptors (Lipinski definition) is 1. The van der Waals surface area contributed by atoms with Crippen LogP contribution >= 0.6 is 22.2 Å². The quantitative estimate of drug-likeness (QED) is 0.383. The first-order valence-corrected chi connectivity index (χ1v) is 12.0. The van der Waals surface area contributed by atoms with Crippen molar-refractivity contribution in [3.63, 3.8) is 0 Å². The van der Waals surface area contributed by atoms with Crippen molar-refractivity contribution >= 4 is 29.6 Å². The molecule has 1 saturated carbocycles. The Kier molecular flexibility index (Phi) is 6.72. The molecule has 1 nitrogen and oxygen atoms in total. The van der Waals surface area contributed by atoms with E-state index in [-0.39, 0.29) is 0 Å². The van der Waals surface area contributed by atoms with E-state index in [1.807, 2.05) is 0 Å². The third-order valence-electron chi connectivity index (χ3n) is 4.20. The van der Waals surface area contributed by atoms with Crippen LogP contribution in [0.4, 0.5) is 0 Å². The molecule has 1 aromatic rings. The van der Waals surface area contributed by atoms with Gasteiger partial charge in [0.25, 0.3) is 0 Å². The van der Waals surface area contributed by atoms with Gasteiger partial charge in [0, 0.05) is 0 Å². The molecule has 0 aliphatic heterocycles. The minimum absolute atomic E-state index is 0.712. The Bertz CT molecular complexity index is 386. The zero-order valence-electron chi connectivity index (χ0n) is 12.2. The first kappa shape index (κ1) is 16.2. The molecule has 1 aliphatic carbocycles. The zero-order chi connectivity index (χ0) is 14.4. The molecule has 4 heteroatoms. The Labute approximate surface area is 133 Å². The summed E-state index contributed by atoms with van der Waals surface area (Å²) in [6.07, 6.45) is 6.35. The van der Waals surface area contributed by atoms with Crippen molar-refractivity contribution in [1.29, 1.82) is 0 Å². The number of benzene rings is 1. The van der Waals surface area contributed by atoms with Crippen molar-refractivity contribution in [1.82, 2.24) is 0 Å². The highest BCUT2D eigenvalue weighted by molar-refractivity contribution is 7.33. The summed E-state index contributed by atoms with van der Waals surface area (Å²) in [5.74, 6) is 2.62. The Morgan fingerprint density at radius 1 is 1.10 bits per heavy atom. The first-order chi connectivity index (χ1) is 9.65. The van der Waals surface area contributed by atoms with E-state index in [2.05, 4.69) is 31.2 Å². The molecule has 0 bridgehead atoms. The molecule has 0 unspecified atom stereocenters. The Morgan fingerprint density at radius 3 is 2.35 bits per heavy atom. The van der Waals surface area contributed by atoms with Gasteiger partial charge in [0.15, 0.2) is 0 Å². The standard InChI is InChI=1S/C16H24Cl2OSi/c1-13-3-5-14(6-4-13)15-7-9-16(10-8-15)19-11-2-12-20(17)18/h7-10,13-14,20H,2-6,11-12H2,1H3. The van der Waals surface area contributed by atoms with Crippen LogP contribution in [0.3, 0.4) is 0 Å². The maximum absolute atomic E-state index is 5.83. The number of hydrogen-bond donors (Lipinski definition) is 0. The third kappa shape index (κ3) is 5.31. The topological polar surface area (TPSA) is 9.23 Å². The van der Waals surface area contributed by atoms with Crippen LogP contribution < -0.4 is 4.74 Å². The molecule has 1 aliphatic rings. The lowest BCUT2D eigenvalue weighted by molar-refractivity contribution is 0.316. The Balaban J connectivity index is 1.77. The van der Waals surface area contributed by atoms with Gasteiger partial charge in [-0.1, -0.05) is 31.9 Å². The van der Waals surface area contributed by atoms with Crippen LogP contribution in [-0.2, 0) is 0 Å². The molecular formula is C16H24Cl2OSi. The third-order valence-corrected chi connectivity index (χ3v) is 6.36. The monoisotopic (exact) mass is 330 g/mol. The predicted molar refractivity (Wildman–Crippen MR) is 90.6 cm³/mol. The number of ether oxygens (including phenoxy) is 1. The van der Waals surface area contributed by atoms with E-state index in [1.165, 1.54) is 31.2 Å². The lowest BCUT2D eigenvalue weighted by Crippen LogP contribution is -2.10. The molecule has 0 amide bonds. The second kappa shape index (κ2) is 8.31. The van der Waals surface area contributed by atoms with Crippen molar-refractivity contribution in [2.45, 2.75) is 51.0 Å². The van der Waals surface area contributed by atoms with Crippen molar-refractivity contribution in [2.24, 2.45) is 5.92 Å². The van der Waals surface area contributed by atoms with Gasteiger partial charge >= 0.3 is 0 Å². The molecule has 0 atom stereocenters. The van der Waals surface area contributed by atoms with Gasteiger partial charge in [-0.25, -0.2) is 0 Å². The second-order valence-electron chi connectivity index (χ2n) is 5.91. The smallest absolute Gasteiger partial charge is 0.237 e. The summed E-state index contributed by atoms with van der Waals surface area (Å²) in [7, 11) is -1.46. The molecule has 0 aromatic heterocycles. The summed E-state index contributed by atoms with van der Waals surface area (Å²) in [4.78, 5) is 0. The fourth-order valence-electron chi connectivity index (χ4n) is 2.86. The van der Waals surface area contributed by atoms with E-state index in [9.17, 15) is 0 Å². The van der Waals surface area contributed by atoms with Gasteiger partial charge in [-0.05, 0) is 54.8 Å². The van der Waals surface area contributed by atoms with Gasteiger partial charge in [-0.3, -0.25) is 0 Å². The van der Waals surface area contributed by atoms with Gasteiger partial charge in [0.05, 0.1) is 6.61 Å². The summed E-state index contributed by atoms with van der Waals surface area (Å²) >= 11 is 11.7. The normalized spacial score (nSPS) is 23.0. The molecular weight excluding hydrogens is 307 g/mol. The number of rotatable bonds is 6. The molecule has 20 heavy (non-hydrogen) atoms. The Hall–Kier alpha value is -0.183. The van der Waals surface area contributed by atoms with E-state index in [0.717, 1.165) is 30.1 Å². The molecule has 0 spiro atoms. The molecule has 112 valence electrons. The minimum Gasteiger partial charge on any atom is -0.494 e. The van der Waals surface area contributed by atoms with Crippen LogP contribution in [0, 0.1) is 5.92 Å². The molecule has 1 aromatic carbocycles. The maximum Gasteiger partial charge on any atom is 0.237 e. The van der Waals surface area contributed by atoms with Gasteiger partial charge in [0.1, 0.15) is 5.75 Å². The van der Waals surface area contributed by atoms with E-state index in [1.54, 1.807) is 0 Å². The van der Waals surface area contributed by atoms with Crippen LogP contribution in [0.15, 0.2) is 24.3 Å². The Morgan fingerprint density at radius 2 is 1.75 bits per heavy atom. The van der Waals surface area contributed by atoms with Crippen molar-refractivity contribution in [2.75, 3.05) is 6.61 Å².